The van der Waals surface area contributed by atoms with Gasteiger partial charge in [0.1, 0.15) is 0 Å². The fourth-order valence-electron chi connectivity index (χ4n) is 3.51. The third-order valence-corrected chi connectivity index (χ3v) is 4.57. The van der Waals surface area contributed by atoms with E-state index in [2.05, 4.69) is 10.3 Å². The number of fused-ring (bicyclic) bond motifs is 5. The summed E-state index contributed by atoms with van der Waals surface area (Å²) < 4.78 is 5.58. The summed E-state index contributed by atoms with van der Waals surface area (Å²) in [4.78, 5) is 26.0. The maximum absolute atomic E-state index is 12.1. The summed E-state index contributed by atoms with van der Waals surface area (Å²) in [6, 6.07) is 3.81. The lowest BCUT2D eigenvalue weighted by Crippen LogP contribution is -2.20. The molecular formula is C17H16N2O5. The van der Waals surface area contributed by atoms with Crippen molar-refractivity contribution in [2.24, 2.45) is 0 Å². The highest BCUT2D eigenvalue weighted by molar-refractivity contribution is 5.93. The van der Waals surface area contributed by atoms with Crippen molar-refractivity contribution >= 4 is 11.7 Å². The molecule has 24 heavy (non-hydrogen) atoms. The Bertz CT molecular complexity index is 916. The van der Waals surface area contributed by atoms with Crippen LogP contribution in [0.4, 0.5) is 5.69 Å². The number of carboxylic acid groups (broad SMARTS) is 1. The highest BCUT2D eigenvalue weighted by Crippen LogP contribution is 2.42. The van der Waals surface area contributed by atoms with Crippen LogP contribution in [0.3, 0.4) is 0 Å². The van der Waals surface area contributed by atoms with Gasteiger partial charge in [-0.1, -0.05) is 6.07 Å². The third kappa shape index (κ3) is 2.05. The molecule has 1 aromatic heterocycles. The first-order valence-corrected chi connectivity index (χ1v) is 7.82. The molecule has 7 nitrogen and oxygen atoms in total. The lowest BCUT2D eigenvalue weighted by Gasteiger charge is -2.21. The molecule has 124 valence electrons. The molecule has 2 aromatic rings. The van der Waals surface area contributed by atoms with E-state index in [9.17, 15) is 14.7 Å². The third-order valence-electron chi connectivity index (χ3n) is 4.57. The van der Waals surface area contributed by atoms with Crippen LogP contribution in [0.5, 0.6) is 11.5 Å². The van der Waals surface area contributed by atoms with Gasteiger partial charge < -0.3 is 25.3 Å². The average molecular weight is 328 g/mol. The predicted molar refractivity (Wildman–Crippen MR) is 87.1 cm³/mol. The number of hydrogen-bond acceptors (Lipinski definition) is 5. The van der Waals surface area contributed by atoms with Crippen LogP contribution in [-0.4, -0.2) is 34.3 Å². The second-order valence-corrected chi connectivity index (χ2v) is 5.93. The van der Waals surface area contributed by atoms with Crippen LogP contribution in [0, 0.1) is 0 Å². The van der Waals surface area contributed by atoms with Gasteiger partial charge in [0, 0.05) is 17.8 Å². The molecule has 0 amide bonds. The maximum atomic E-state index is 12.1. The van der Waals surface area contributed by atoms with E-state index in [4.69, 9.17) is 9.84 Å². The van der Waals surface area contributed by atoms with Crippen molar-refractivity contribution in [3.8, 4) is 22.8 Å². The SMILES string of the molecule is O=C(O)c1c(O)c2c([nH]c1=O)-c1ccc3c(c1CCCO2)CCN3. The van der Waals surface area contributed by atoms with E-state index in [1.165, 1.54) is 5.56 Å². The zero-order valence-corrected chi connectivity index (χ0v) is 12.8. The summed E-state index contributed by atoms with van der Waals surface area (Å²) in [6.07, 6.45) is 2.44. The smallest absolute Gasteiger partial charge is 0.345 e. The normalized spacial score (nSPS) is 15.2. The van der Waals surface area contributed by atoms with E-state index in [0.717, 1.165) is 42.6 Å². The van der Waals surface area contributed by atoms with Crippen molar-refractivity contribution in [1.82, 2.24) is 4.98 Å². The summed E-state index contributed by atoms with van der Waals surface area (Å²) in [5.41, 5.74) is 2.99. The topological polar surface area (TPSA) is 112 Å². The molecular weight excluding hydrogens is 312 g/mol. The average Bonchev–Trinajstić information content (AvgIpc) is 2.98. The number of pyridine rings is 1. The van der Waals surface area contributed by atoms with E-state index in [1.807, 2.05) is 12.1 Å². The van der Waals surface area contributed by atoms with Crippen LogP contribution < -0.4 is 15.6 Å². The number of aromatic nitrogens is 1. The van der Waals surface area contributed by atoms with Gasteiger partial charge in [0.05, 0.1) is 12.3 Å². The number of carboxylic acids is 1. The van der Waals surface area contributed by atoms with Crippen LogP contribution in [0.25, 0.3) is 11.3 Å². The van der Waals surface area contributed by atoms with Gasteiger partial charge in [0.2, 0.25) is 0 Å². The molecule has 0 aliphatic carbocycles. The van der Waals surface area contributed by atoms with Gasteiger partial charge in [-0.05, 0) is 36.5 Å². The second kappa shape index (κ2) is 5.30. The molecule has 2 aliphatic rings. The van der Waals surface area contributed by atoms with Gasteiger partial charge in [0.25, 0.3) is 5.56 Å². The molecule has 0 radical (unpaired) electrons. The minimum atomic E-state index is -1.49. The van der Waals surface area contributed by atoms with Crippen molar-refractivity contribution in [3.63, 3.8) is 0 Å². The Kier molecular flexibility index (Phi) is 3.23. The summed E-state index contributed by atoms with van der Waals surface area (Å²) in [5, 5.41) is 22.8. The van der Waals surface area contributed by atoms with Crippen molar-refractivity contribution in [2.75, 3.05) is 18.5 Å². The molecule has 0 atom stereocenters. The molecule has 0 saturated carbocycles. The lowest BCUT2D eigenvalue weighted by atomic mass is 9.92. The highest BCUT2D eigenvalue weighted by atomic mass is 16.5. The van der Waals surface area contributed by atoms with Gasteiger partial charge >= 0.3 is 5.97 Å². The Balaban J connectivity index is 2.03. The molecule has 0 bridgehead atoms. The number of aromatic carboxylic acids is 1. The molecule has 3 heterocycles. The number of anilines is 1. The monoisotopic (exact) mass is 328 g/mol. The van der Waals surface area contributed by atoms with E-state index in [0.29, 0.717) is 12.3 Å². The van der Waals surface area contributed by atoms with Crippen molar-refractivity contribution in [1.29, 1.82) is 0 Å². The number of carbonyl (C=O) groups is 1. The predicted octanol–water partition coefficient (Wildman–Crippen LogP) is 1.74. The number of rotatable bonds is 1. The van der Waals surface area contributed by atoms with Crippen molar-refractivity contribution < 1.29 is 19.7 Å². The molecule has 0 spiro atoms. The first kappa shape index (κ1) is 14.6. The molecule has 1 aromatic carbocycles. The molecule has 0 saturated heterocycles. The maximum Gasteiger partial charge on any atom is 0.345 e. The van der Waals surface area contributed by atoms with Gasteiger partial charge in [-0.3, -0.25) is 4.79 Å². The number of aromatic hydroxyl groups is 1. The number of ether oxygens (including phenoxy) is 1. The van der Waals surface area contributed by atoms with Crippen molar-refractivity contribution in [3.05, 3.63) is 39.2 Å². The minimum absolute atomic E-state index is 0.0267. The first-order valence-electron chi connectivity index (χ1n) is 7.82. The number of aromatic amines is 1. The Morgan fingerprint density at radius 1 is 1.21 bits per heavy atom. The van der Waals surface area contributed by atoms with Crippen LogP contribution in [0.15, 0.2) is 16.9 Å². The largest absolute Gasteiger partial charge is 0.503 e. The summed E-state index contributed by atoms with van der Waals surface area (Å²) >= 11 is 0. The van der Waals surface area contributed by atoms with Crippen molar-refractivity contribution in [2.45, 2.75) is 19.3 Å². The molecule has 0 unspecified atom stereocenters. The van der Waals surface area contributed by atoms with Crippen LogP contribution in [0.2, 0.25) is 0 Å². The van der Waals surface area contributed by atoms with Crippen LogP contribution >= 0.6 is 0 Å². The standard InChI is InChI=1S/C17H16N2O5/c20-14-12(17(22)23)16(21)19-13-10-3-4-11-9(5-6-18-11)8(10)2-1-7-24-15(13)14/h3-4,18H,1-2,5-7H2,(H,22,23)(H2,19,20,21). The highest BCUT2D eigenvalue weighted by Gasteiger charge is 2.28. The summed E-state index contributed by atoms with van der Waals surface area (Å²) in [6.45, 7) is 1.21. The van der Waals surface area contributed by atoms with Crippen LogP contribution in [0.1, 0.15) is 27.9 Å². The van der Waals surface area contributed by atoms with Gasteiger partial charge in [0.15, 0.2) is 17.1 Å². The van der Waals surface area contributed by atoms with E-state index in [-0.39, 0.29) is 5.75 Å². The zero-order valence-electron chi connectivity index (χ0n) is 12.8. The van der Waals surface area contributed by atoms with Gasteiger partial charge in [-0.15, -0.1) is 0 Å². The Morgan fingerprint density at radius 2 is 2.04 bits per heavy atom. The van der Waals surface area contributed by atoms with Gasteiger partial charge in [-0.2, -0.15) is 0 Å². The van der Waals surface area contributed by atoms with E-state index in [1.54, 1.807) is 0 Å². The molecule has 0 fully saturated rings. The Hall–Kier alpha value is -2.96. The lowest BCUT2D eigenvalue weighted by molar-refractivity contribution is 0.0690. The first-order chi connectivity index (χ1) is 11.6. The molecule has 7 heteroatoms. The van der Waals surface area contributed by atoms with Gasteiger partial charge in [-0.25, -0.2) is 4.79 Å². The molecule has 2 aliphatic heterocycles. The fraction of sp³-hybridized carbons (Fsp3) is 0.294. The van der Waals surface area contributed by atoms with Crippen LogP contribution in [-0.2, 0) is 12.8 Å². The second-order valence-electron chi connectivity index (χ2n) is 5.93. The molecule has 4 rings (SSSR count). The number of H-pyrrole nitrogens is 1. The zero-order chi connectivity index (χ0) is 16.8. The fourth-order valence-corrected chi connectivity index (χ4v) is 3.51. The van der Waals surface area contributed by atoms with E-state index < -0.39 is 22.8 Å². The number of nitrogens with one attached hydrogen (secondary N) is 2. The number of benzene rings is 1. The Morgan fingerprint density at radius 3 is 2.83 bits per heavy atom. The molecule has 4 N–H and O–H groups in total. The quantitative estimate of drug-likeness (QED) is 0.634. The summed E-state index contributed by atoms with van der Waals surface area (Å²) in [5.74, 6) is -2.08. The Labute approximate surface area is 136 Å². The van der Waals surface area contributed by atoms with E-state index >= 15 is 0 Å². The number of hydrogen-bond donors (Lipinski definition) is 4. The summed E-state index contributed by atoms with van der Waals surface area (Å²) in [7, 11) is 0. The minimum Gasteiger partial charge on any atom is -0.503 e.